The summed E-state index contributed by atoms with van der Waals surface area (Å²) in [6.45, 7) is 2.26. The van der Waals surface area contributed by atoms with Gasteiger partial charge in [-0.2, -0.15) is 0 Å². The smallest absolute Gasteiger partial charge is 0.328 e. The minimum absolute atomic E-state index is 0.734. The van der Waals surface area contributed by atoms with Gasteiger partial charge in [0, 0.05) is 0 Å². The zero-order valence-corrected chi connectivity index (χ0v) is 18.7. The minimum Gasteiger partial charge on any atom is -0.328 e. The maximum atomic E-state index is 9.77. The number of benzene rings is 2. The van der Waals surface area contributed by atoms with E-state index in [1.165, 1.54) is 51.4 Å². The molecule has 0 atom stereocenters. The molecule has 0 aliphatic rings. The Morgan fingerprint density at radius 2 is 1.07 bits per heavy atom. The maximum absolute atomic E-state index is 9.77. The molecule has 0 fully saturated rings. The molecule has 0 saturated carbocycles. The summed E-state index contributed by atoms with van der Waals surface area (Å²) in [4.78, 5) is 19.5. The predicted octanol–water partition coefficient (Wildman–Crippen LogP) is 7.47. The molecule has 0 bridgehead atoms. The average molecular weight is 417 g/mol. The fourth-order valence-electron chi connectivity index (χ4n) is 4.02. The van der Waals surface area contributed by atoms with E-state index in [0.29, 0.717) is 0 Å². The Balaban J connectivity index is 1.96. The van der Waals surface area contributed by atoms with Crippen LogP contribution < -0.4 is 0 Å². The van der Waals surface area contributed by atoms with E-state index in [9.17, 15) is 9.79 Å². The number of rotatable bonds is 15. The lowest BCUT2D eigenvalue weighted by molar-refractivity contribution is 0.0791. The van der Waals surface area contributed by atoms with Gasteiger partial charge in [0.2, 0.25) is 0 Å². The molecule has 2 rings (SSSR count). The average Bonchev–Trinajstić information content (AvgIpc) is 2.75. The summed E-state index contributed by atoms with van der Waals surface area (Å²) in [7, 11) is -2.47. The first kappa shape index (κ1) is 24.0. The summed E-state index contributed by atoms with van der Waals surface area (Å²) < 4.78 is 5.87. The Hall–Kier alpha value is -1.25. The maximum Gasteiger partial charge on any atom is 0.328 e. The molecular formula is C25H37O3P. The zero-order valence-electron chi connectivity index (χ0n) is 17.8. The second-order valence-electron chi connectivity index (χ2n) is 7.84. The van der Waals surface area contributed by atoms with Gasteiger partial charge in [0.25, 0.3) is 0 Å². The van der Waals surface area contributed by atoms with Gasteiger partial charge in [0.15, 0.2) is 0 Å². The van der Waals surface area contributed by atoms with Crippen molar-refractivity contribution in [2.24, 2.45) is 0 Å². The third-order valence-corrected chi connectivity index (χ3v) is 6.08. The van der Waals surface area contributed by atoms with Crippen molar-refractivity contribution in [1.82, 2.24) is 0 Å². The summed E-state index contributed by atoms with van der Waals surface area (Å²) in [5, 5.41) is 0. The summed E-state index contributed by atoms with van der Waals surface area (Å²) in [6, 6.07) is 19.9. The fourth-order valence-corrected chi connectivity index (χ4v) is 4.60. The van der Waals surface area contributed by atoms with Gasteiger partial charge < -0.3 is 9.79 Å². The second kappa shape index (κ2) is 13.9. The first-order chi connectivity index (χ1) is 14.2. The van der Waals surface area contributed by atoms with E-state index in [2.05, 4.69) is 6.92 Å². The first-order valence-electron chi connectivity index (χ1n) is 11.2. The zero-order chi connectivity index (χ0) is 20.8. The van der Waals surface area contributed by atoms with Gasteiger partial charge in [-0.05, 0) is 24.0 Å². The van der Waals surface area contributed by atoms with Crippen molar-refractivity contribution in [3.8, 4) is 0 Å². The Morgan fingerprint density at radius 1 is 0.655 bits per heavy atom. The van der Waals surface area contributed by atoms with Gasteiger partial charge >= 0.3 is 8.60 Å². The highest BCUT2D eigenvalue weighted by Gasteiger charge is 2.37. The molecule has 2 aromatic carbocycles. The lowest BCUT2D eigenvalue weighted by Crippen LogP contribution is -2.29. The molecule has 0 radical (unpaired) electrons. The van der Waals surface area contributed by atoms with Crippen molar-refractivity contribution in [3.05, 3.63) is 71.8 Å². The highest BCUT2D eigenvalue weighted by atomic mass is 31.2. The molecule has 2 N–H and O–H groups in total. The molecule has 0 amide bonds. The Kier molecular flexibility index (Phi) is 11.5. The molecule has 0 spiro atoms. The van der Waals surface area contributed by atoms with Crippen molar-refractivity contribution < 1.29 is 14.3 Å². The van der Waals surface area contributed by atoms with E-state index in [1.54, 1.807) is 0 Å². The monoisotopic (exact) mass is 416 g/mol. The topological polar surface area (TPSA) is 49.7 Å². The SMILES string of the molecule is CCCCCCCCCCCCC(OP(O)O)(c1ccccc1)c1ccccc1. The Labute approximate surface area is 178 Å². The van der Waals surface area contributed by atoms with Crippen LogP contribution in [0.2, 0.25) is 0 Å². The molecule has 3 nitrogen and oxygen atoms in total. The van der Waals surface area contributed by atoms with Gasteiger partial charge in [0.1, 0.15) is 5.60 Å². The Morgan fingerprint density at radius 3 is 1.48 bits per heavy atom. The van der Waals surface area contributed by atoms with Crippen LogP contribution in [-0.4, -0.2) is 9.79 Å². The summed E-state index contributed by atoms with van der Waals surface area (Å²) in [5.74, 6) is 0. The van der Waals surface area contributed by atoms with Crippen molar-refractivity contribution >= 4 is 8.60 Å². The van der Waals surface area contributed by atoms with Gasteiger partial charge in [-0.3, -0.25) is 4.52 Å². The quantitative estimate of drug-likeness (QED) is 0.234. The molecule has 160 valence electrons. The molecule has 29 heavy (non-hydrogen) atoms. The van der Waals surface area contributed by atoms with Crippen LogP contribution in [0.1, 0.15) is 88.7 Å². The normalized spacial score (nSPS) is 11.9. The third-order valence-electron chi connectivity index (χ3n) is 5.60. The van der Waals surface area contributed by atoms with Crippen LogP contribution in [0, 0.1) is 0 Å². The van der Waals surface area contributed by atoms with Crippen molar-refractivity contribution in [1.29, 1.82) is 0 Å². The van der Waals surface area contributed by atoms with E-state index in [1.807, 2.05) is 60.7 Å². The van der Waals surface area contributed by atoms with Crippen LogP contribution in [-0.2, 0) is 10.1 Å². The first-order valence-corrected chi connectivity index (χ1v) is 12.3. The largest absolute Gasteiger partial charge is 0.328 e. The van der Waals surface area contributed by atoms with Crippen LogP contribution >= 0.6 is 8.60 Å². The van der Waals surface area contributed by atoms with Gasteiger partial charge in [0.05, 0.1) is 0 Å². The van der Waals surface area contributed by atoms with Crippen LogP contribution in [0.15, 0.2) is 60.7 Å². The van der Waals surface area contributed by atoms with Crippen LogP contribution in [0.5, 0.6) is 0 Å². The highest BCUT2D eigenvalue weighted by Crippen LogP contribution is 2.46. The molecule has 0 unspecified atom stereocenters. The summed E-state index contributed by atoms with van der Waals surface area (Å²) in [5.41, 5.74) is 1.12. The van der Waals surface area contributed by atoms with Gasteiger partial charge in [-0.15, -0.1) is 0 Å². The molecule has 4 heteroatoms. The molecule has 0 saturated heterocycles. The number of unbranched alkanes of at least 4 members (excludes halogenated alkanes) is 9. The molecule has 0 heterocycles. The molecular weight excluding hydrogens is 379 g/mol. The third kappa shape index (κ3) is 8.18. The lowest BCUT2D eigenvalue weighted by Gasteiger charge is -2.35. The predicted molar refractivity (Wildman–Crippen MR) is 123 cm³/mol. The number of hydrogen-bond acceptors (Lipinski definition) is 3. The van der Waals surface area contributed by atoms with Crippen LogP contribution in [0.4, 0.5) is 0 Å². The lowest BCUT2D eigenvalue weighted by atomic mass is 9.82. The van der Waals surface area contributed by atoms with E-state index in [4.69, 9.17) is 4.52 Å². The standard InChI is InChI=1S/C25H37O3P/c1-2-3-4-5-6-7-8-9-10-17-22-25(28-29(26)27,23-18-13-11-14-19-23)24-20-15-12-16-21-24/h11-16,18-21,26-27H,2-10,17,22H2,1H3. The van der Waals surface area contributed by atoms with Crippen molar-refractivity contribution in [3.63, 3.8) is 0 Å². The van der Waals surface area contributed by atoms with E-state index >= 15 is 0 Å². The minimum atomic E-state index is -2.47. The van der Waals surface area contributed by atoms with Crippen molar-refractivity contribution in [2.45, 2.75) is 83.2 Å². The van der Waals surface area contributed by atoms with Gasteiger partial charge in [-0.1, -0.05) is 125 Å². The summed E-state index contributed by atoms with van der Waals surface area (Å²) in [6.07, 6.45) is 13.4. The number of hydrogen-bond donors (Lipinski definition) is 2. The highest BCUT2D eigenvalue weighted by molar-refractivity contribution is 7.39. The van der Waals surface area contributed by atoms with E-state index in [-0.39, 0.29) is 0 Å². The summed E-state index contributed by atoms with van der Waals surface area (Å²) >= 11 is 0. The molecule has 0 aliphatic carbocycles. The van der Waals surface area contributed by atoms with Crippen LogP contribution in [0.3, 0.4) is 0 Å². The fraction of sp³-hybridized carbons (Fsp3) is 0.520. The molecule has 2 aromatic rings. The second-order valence-corrected chi connectivity index (χ2v) is 8.52. The van der Waals surface area contributed by atoms with E-state index < -0.39 is 14.2 Å². The van der Waals surface area contributed by atoms with Gasteiger partial charge in [-0.25, -0.2) is 0 Å². The van der Waals surface area contributed by atoms with Crippen molar-refractivity contribution in [2.75, 3.05) is 0 Å². The van der Waals surface area contributed by atoms with E-state index in [0.717, 1.165) is 30.4 Å². The molecule has 0 aliphatic heterocycles. The molecule has 0 aromatic heterocycles. The Bertz CT molecular complexity index is 606. The van der Waals surface area contributed by atoms with Crippen LogP contribution in [0.25, 0.3) is 0 Å².